The summed E-state index contributed by atoms with van der Waals surface area (Å²) in [6.07, 6.45) is -0.109. The Bertz CT molecular complexity index is 667. The lowest BCUT2D eigenvalue weighted by molar-refractivity contribution is -0.120. The Morgan fingerprint density at radius 1 is 1.33 bits per heavy atom. The normalized spacial score (nSPS) is 10.2. The van der Waals surface area contributed by atoms with E-state index in [1.54, 1.807) is 12.1 Å². The molecule has 110 valence electrons. The van der Waals surface area contributed by atoms with Crippen molar-refractivity contribution >= 4 is 27.7 Å². The fraction of sp³-hybridized carbons (Fsp3) is 0.167. The molecule has 1 heterocycles. The van der Waals surface area contributed by atoms with Gasteiger partial charge in [0.05, 0.1) is 17.8 Å². The quantitative estimate of drug-likeness (QED) is 0.404. The molecule has 21 heavy (non-hydrogen) atoms. The molecule has 0 aliphatic heterocycles. The number of carbonyl (C=O) groups is 2. The van der Waals surface area contributed by atoms with Crippen molar-refractivity contribution in [3.8, 4) is 5.69 Å². The van der Waals surface area contributed by atoms with E-state index in [0.29, 0.717) is 11.4 Å². The summed E-state index contributed by atoms with van der Waals surface area (Å²) in [7, 11) is 1.48. The molecule has 2 rings (SSSR count). The summed E-state index contributed by atoms with van der Waals surface area (Å²) in [6.45, 7) is 0. The maximum absolute atomic E-state index is 11.8. The average molecular weight is 353 g/mol. The first-order valence-electron chi connectivity index (χ1n) is 5.99. The Morgan fingerprint density at radius 3 is 2.57 bits per heavy atom. The molecule has 9 heteroatoms. The van der Waals surface area contributed by atoms with E-state index in [9.17, 15) is 9.59 Å². The van der Waals surface area contributed by atoms with Gasteiger partial charge in [0.15, 0.2) is 5.69 Å². The lowest BCUT2D eigenvalue weighted by atomic mass is 10.2. The van der Waals surface area contributed by atoms with E-state index in [1.807, 2.05) is 17.6 Å². The number of amides is 2. The van der Waals surface area contributed by atoms with Gasteiger partial charge in [-0.25, -0.2) is 10.5 Å². The molecule has 0 radical (unpaired) electrons. The van der Waals surface area contributed by atoms with Crippen LogP contribution >= 0.6 is 15.9 Å². The van der Waals surface area contributed by atoms with Crippen LogP contribution in [-0.2, 0) is 11.2 Å². The van der Waals surface area contributed by atoms with Crippen LogP contribution in [0.4, 0.5) is 0 Å². The first kappa shape index (κ1) is 15.1. The van der Waals surface area contributed by atoms with E-state index >= 15 is 0 Å². The molecular weight excluding hydrogens is 340 g/mol. The number of hydrogen-bond acceptors (Lipinski definition) is 5. The van der Waals surface area contributed by atoms with Crippen LogP contribution in [0.15, 0.2) is 28.7 Å². The predicted octanol–water partition coefficient (Wildman–Crippen LogP) is -0.0782. The van der Waals surface area contributed by atoms with Crippen molar-refractivity contribution in [3.05, 3.63) is 40.1 Å². The number of nitrogens with zero attached hydrogens (tertiary/aromatic N) is 3. The van der Waals surface area contributed by atoms with Gasteiger partial charge < -0.3 is 5.32 Å². The summed E-state index contributed by atoms with van der Waals surface area (Å²) in [5.41, 5.74) is 3.16. The maximum Gasteiger partial charge on any atom is 0.273 e. The minimum Gasteiger partial charge on any atom is -0.354 e. The second-order valence-corrected chi connectivity index (χ2v) is 5.01. The topological polar surface area (TPSA) is 115 Å². The van der Waals surface area contributed by atoms with E-state index in [-0.39, 0.29) is 12.1 Å². The van der Waals surface area contributed by atoms with Gasteiger partial charge in [-0.05, 0) is 24.3 Å². The van der Waals surface area contributed by atoms with Gasteiger partial charge in [0.2, 0.25) is 5.91 Å². The minimum absolute atomic E-state index is 0.0871. The highest BCUT2D eigenvalue weighted by Crippen LogP contribution is 2.17. The van der Waals surface area contributed by atoms with Gasteiger partial charge in [0.1, 0.15) is 0 Å². The lowest BCUT2D eigenvalue weighted by Crippen LogP contribution is -2.33. The number of benzene rings is 1. The van der Waals surface area contributed by atoms with Crippen LogP contribution in [0.1, 0.15) is 16.2 Å². The van der Waals surface area contributed by atoms with E-state index in [1.165, 1.54) is 11.7 Å². The third-order valence-corrected chi connectivity index (χ3v) is 3.29. The van der Waals surface area contributed by atoms with Crippen molar-refractivity contribution in [1.29, 1.82) is 0 Å². The molecule has 0 saturated heterocycles. The Kier molecular flexibility index (Phi) is 4.66. The predicted molar refractivity (Wildman–Crippen MR) is 78.5 cm³/mol. The summed E-state index contributed by atoms with van der Waals surface area (Å²) in [6, 6.07) is 7.22. The molecule has 0 saturated carbocycles. The highest BCUT2D eigenvalue weighted by atomic mass is 79.9. The first-order chi connectivity index (χ1) is 10.1. The van der Waals surface area contributed by atoms with E-state index < -0.39 is 11.8 Å². The van der Waals surface area contributed by atoms with Crippen LogP contribution < -0.4 is 16.6 Å². The fourth-order valence-electron chi connectivity index (χ4n) is 1.75. The van der Waals surface area contributed by atoms with Gasteiger partial charge in [-0.2, -0.15) is 0 Å². The largest absolute Gasteiger partial charge is 0.354 e. The zero-order valence-electron chi connectivity index (χ0n) is 11.1. The van der Waals surface area contributed by atoms with E-state index in [2.05, 4.69) is 31.6 Å². The standard InChI is InChI=1S/C12H13BrN6O2/c1-15-12(21)11-9(6-10(20)16-14)19(18-17-11)8-4-2-7(13)3-5-8/h2-5H,6,14H2,1H3,(H,15,21)(H,16,20). The van der Waals surface area contributed by atoms with Crippen LogP contribution in [0.3, 0.4) is 0 Å². The number of carbonyl (C=O) groups excluding carboxylic acids is 2. The highest BCUT2D eigenvalue weighted by Gasteiger charge is 2.21. The van der Waals surface area contributed by atoms with Crippen LogP contribution in [-0.4, -0.2) is 33.9 Å². The molecule has 0 aliphatic rings. The van der Waals surface area contributed by atoms with Crippen molar-refractivity contribution in [2.45, 2.75) is 6.42 Å². The summed E-state index contributed by atoms with van der Waals surface area (Å²) < 4.78 is 2.34. The summed E-state index contributed by atoms with van der Waals surface area (Å²) in [5.74, 6) is 4.24. The Balaban J connectivity index is 2.50. The third kappa shape index (κ3) is 3.26. The van der Waals surface area contributed by atoms with Crippen molar-refractivity contribution in [2.75, 3.05) is 7.05 Å². The molecule has 0 aliphatic carbocycles. The lowest BCUT2D eigenvalue weighted by Gasteiger charge is -2.07. The number of nitrogens with one attached hydrogen (secondary N) is 2. The summed E-state index contributed by atoms with van der Waals surface area (Å²) in [4.78, 5) is 23.3. The van der Waals surface area contributed by atoms with E-state index in [4.69, 9.17) is 5.84 Å². The van der Waals surface area contributed by atoms with Crippen LogP contribution in [0, 0.1) is 0 Å². The highest BCUT2D eigenvalue weighted by molar-refractivity contribution is 9.10. The molecule has 0 unspecified atom stereocenters. The first-order valence-corrected chi connectivity index (χ1v) is 6.78. The number of aromatic nitrogens is 3. The average Bonchev–Trinajstić information content (AvgIpc) is 2.90. The van der Waals surface area contributed by atoms with Crippen LogP contribution in [0.5, 0.6) is 0 Å². The molecule has 2 amide bonds. The summed E-state index contributed by atoms with van der Waals surface area (Å²) in [5, 5.41) is 10.2. The Morgan fingerprint density at radius 2 is 2.00 bits per heavy atom. The second kappa shape index (κ2) is 6.46. The third-order valence-electron chi connectivity index (χ3n) is 2.77. The molecular formula is C12H13BrN6O2. The number of hydrogen-bond donors (Lipinski definition) is 3. The smallest absolute Gasteiger partial charge is 0.273 e. The monoisotopic (exact) mass is 352 g/mol. The van der Waals surface area contributed by atoms with Gasteiger partial charge in [-0.1, -0.05) is 21.1 Å². The van der Waals surface area contributed by atoms with E-state index in [0.717, 1.165) is 4.47 Å². The number of hydrazine groups is 1. The van der Waals surface area contributed by atoms with Crippen LogP contribution in [0.2, 0.25) is 0 Å². The molecule has 0 bridgehead atoms. The second-order valence-electron chi connectivity index (χ2n) is 4.10. The molecule has 2 aromatic rings. The zero-order valence-corrected chi connectivity index (χ0v) is 12.7. The number of rotatable bonds is 4. The van der Waals surface area contributed by atoms with Crippen molar-refractivity contribution in [1.82, 2.24) is 25.7 Å². The van der Waals surface area contributed by atoms with Gasteiger partial charge in [-0.3, -0.25) is 15.0 Å². The van der Waals surface area contributed by atoms with Crippen molar-refractivity contribution in [2.24, 2.45) is 5.84 Å². The van der Waals surface area contributed by atoms with Gasteiger partial charge in [0.25, 0.3) is 5.91 Å². The summed E-state index contributed by atoms with van der Waals surface area (Å²) >= 11 is 3.34. The SMILES string of the molecule is CNC(=O)c1nnn(-c2ccc(Br)cc2)c1CC(=O)NN. The van der Waals surface area contributed by atoms with Crippen molar-refractivity contribution in [3.63, 3.8) is 0 Å². The molecule has 0 fully saturated rings. The molecule has 4 N–H and O–H groups in total. The molecule has 8 nitrogen and oxygen atoms in total. The molecule has 1 aromatic heterocycles. The van der Waals surface area contributed by atoms with Gasteiger partial charge in [-0.15, -0.1) is 5.10 Å². The van der Waals surface area contributed by atoms with Crippen LogP contribution in [0.25, 0.3) is 5.69 Å². The van der Waals surface area contributed by atoms with Gasteiger partial charge in [0, 0.05) is 11.5 Å². The maximum atomic E-state index is 11.8. The number of nitrogens with two attached hydrogens (primary N) is 1. The molecule has 0 atom stereocenters. The minimum atomic E-state index is -0.444. The Hall–Kier alpha value is -2.26. The van der Waals surface area contributed by atoms with Crippen molar-refractivity contribution < 1.29 is 9.59 Å². The fourth-order valence-corrected chi connectivity index (χ4v) is 2.01. The Labute approximate surface area is 128 Å². The molecule has 0 spiro atoms. The zero-order chi connectivity index (χ0) is 15.4. The number of halogens is 1. The van der Waals surface area contributed by atoms with Gasteiger partial charge >= 0.3 is 0 Å². The molecule has 1 aromatic carbocycles.